The summed E-state index contributed by atoms with van der Waals surface area (Å²) in [7, 11) is -3.83. The van der Waals surface area contributed by atoms with Crippen LogP contribution in [-0.4, -0.2) is 63.7 Å². The summed E-state index contributed by atoms with van der Waals surface area (Å²) in [5.41, 5.74) is 0.956. The highest BCUT2D eigenvalue weighted by Gasteiger charge is 2.30. The van der Waals surface area contributed by atoms with Crippen molar-refractivity contribution < 1.29 is 27.5 Å². The van der Waals surface area contributed by atoms with Gasteiger partial charge in [-0.1, -0.05) is 30.3 Å². The fourth-order valence-corrected chi connectivity index (χ4v) is 5.22. The van der Waals surface area contributed by atoms with E-state index in [4.69, 9.17) is 9.47 Å². The Labute approximate surface area is 216 Å². The van der Waals surface area contributed by atoms with Gasteiger partial charge in [-0.05, 0) is 55.5 Å². The van der Waals surface area contributed by atoms with Gasteiger partial charge in [0.2, 0.25) is 15.9 Å². The molecule has 0 bridgehead atoms. The van der Waals surface area contributed by atoms with Crippen molar-refractivity contribution in [3.63, 3.8) is 0 Å². The van der Waals surface area contributed by atoms with Crippen molar-refractivity contribution in [3.8, 4) is 11.5 Å². The van der Waals surface area contributed by atoms with Gasteiger partial charge < -0.3 is 19.7 Å². The van der Waals surface area contributed by atoms with E-state index in [1.807, 2.05) is 30.3 Å². The second kappa shape index (κ2) is 11.4. The number of hydrogen-bond donors (Lipinski definition) is 1. The SMILES string of the molecule is C[C@H](C(=O)Nc1ccccc1C(=O)N1CCOCC1)N(c1ccc(Oc2ccccc2)cc1)S(C)(=O)=O. The molecule has 10 heteroatoms. The fourth-order valence-electron chi connectivity index (χ4n) is 4.05. The molecule has 0 saturated carbocycles. The standard InChI is InChI=1S/C27H29N3O6S/c1-20(26(31)28-25-11-7-6-10-24(25)27(32)29-16-18-35-19-17-29)30(37(2,33)34)21-12-14-23(15-13-21)36-22-8-4-3-5-9-22/h3-15,20H,16-19H2,1-2H3,(H,28,31)/t20-/m1/s1. The molecular formula is C27H29N3O6S. The molecule has 0 unspecified atom stereocenters. The minimum Gasteiger partial charge on any atom is -0.457 e. The molecule has 0 aliphatic carbocycles. The first-order valence-corrected chi connectivity index (χ1v) is 13.7. The van der Waals surface area contributed by atoms with Crippen LogP contribution in [0.4, 0.5) is 11.4 Å². The molecule has 194 valence electrons. The molecule has 1 N–H and O–H groups in total. The summed E-state index contributed by atoms with van der Waals surface area (Å²) in [6, 6.07) is 21.2. The highest BCUT2D eigenvalue weighted by atomic mass is 32.2. The van der Waals surface area contributed by atoms with Gasteiger partial charge in [0.1, 0.15) is 17.5 Å². The van der Waals surface area contributed by atoms with Gasteiger partial charge in [0.15, 0.2) is 0 Å². The maximum absolute atomic E-state index is 13.2. The molecule has 4 rings (SSSR count). The summed E-state index contributed by atoms with van der Waals surface area (Å²) in [4.78, 5) is 28.0. The Morgan fingerprint density at radius 3 is 2.16 bits per heavy atom. The predicted molar refractivity (Wildman–Crippen MR) is 142 cm³/mol. The molecule has 1 aliphatic heterocycles. The van der Waals surface area contributed by atoms with Crippen LogP contribution in [0.1, 0.15) is 17.3 Å². The second-order valence-corrected chi connectivity index (χ2v) is 10.4. The summed E-state index contributed by atoms with van der Waals surface area (Å²) in [6.45, 7) is 3.33. The number of ether oxygens (including phenoxy) is 2. The molecule has 0 aromatic heterocycles. The lowest BCUT2D eigenvalue weighted by Gasteiger charge is -2.29. The monoisotopic (exact) mass is 523 g/mol. The fraction of sp³-hybridized carbons (Fsp3) is 0.259. The number of carbonyl (C=O) groups is 2. The van der Waals surface area contributed by atoms with E-state index in [1.54, 1.807) is 53.4 Å². The van der Waals surface area contributed by atoms with Crippen molar-refractivity contribution in [1.82, 2.24) is 4.90 Å². The Balaban J connectivity index is 1.53. The average Bonchev–Trinajstić information content (AvgIpc) is 2.90. The first-order chi connectivity index (χ1) is 17.7. The van der Waals surface area contributed by atoms with Crippen molar-refractivity contribution in [2.45, 2.75) is 13.0 Å². The molecule has 1 aliphatic rings. The van der Waals surface area contributed by atoms with Gasteiger partial charge >= 0.3 is 0 Å². The largest absolute Gasteiger partial charge is 0.457 e. The van der Waals surface area contributed by atoms with Gasteiger partial charge in [0.25, 0.3) is 5.91 Å². The molecule has 3 aromatic rings. The number of nitrogens with zero attached hydrogens (tertiary/aromatic N) is 2. The van der Waals surface area contributed by atoms with Crippen molar-refractivity contribution in [3.05, 3.63) is 84.4 Å². The third-order valence-corrected chi connectivity index (χ3v) is 7.11. The topological polar surface area (TPSA) is 105 Å². The summed E-state index contributed by atoms with van der Waals surface area (Å²) < 4.78 is 37.6. The Morgan fingerprint density at radius 1 is 0.919 bits per heavy atom. The second-order valence-electron chi connectivity index (χ2n) is 8.58. The van der Waals surface area contributed by atoms with Crippen LogP contribution in [-0.2, 0) is 19.6 Å². The van der Waals surface area contributed by atoms with Gasteiger partial charge in [-0.25, -0.2) is 8.42 Å². The zero-order valence-corrected chi connectivity index (χ0v) is 21.5. The molecule has 0 radical (unpaired) electrons. The molecule has 1 saturated heterocycles. The zero-order valence-electron chi connectivity index (χ0n) is 20.7. The quantitative estimate of drug-likeness (QED) is 0.482. The van der Waals surface area contributed by atoms with Crippen molar-refractivity contribution in [2.24, 2.45) is 0 Å². The number of benzene rings is 3. The lowest BCUT2D eigenvalue weighted by molar-refractivity contribution is -0.116. The van der Waals surface area contributed by atoms with E-state index in [-0.39, 0.29) is 5.91 Å². The minimum atomic E-state index is -3.83. The Hall–Kier alpha value is -3.89. The van der Waals surface area contributed by atoms with Gasteiger partial charge in [0.05, 0.1) is 36.4 Å². The Morgan fingerprint density at radius 2 is 1.51 bits per heavy atom. The summed E-state index contributed by atoms with van der Waals surface area (Å²) in [6.07, 6.45) is 1.04. The van der Waals surface area contributed by atoms with Gasteiger partial charge in [-0.3, -0.25) is 13.9 Å². The smallest absolute Gasteiger partial charge is 0.256 e. The molecule has 37 heavy (non-hydrogen) atoms. The van der Waals surface area contributed by atoms with E-state index in [2.05, 4.69) is 5.32 Å². The molecule has 1 atom stereocenters. The highest BCUT2D eigenvalue weighted by molar-refractivity contribution is 7.92. The lowest BCUT2D eigenvalue weighted by atomic mass is 10.1. The van der Waals surface area contributed by atoms with Gasteiger partial charge in [0, 0.05) is 13.1 Å². The lowest BCUT2D eigenvalue weighted by Crippen LogP contribution is -2.45. The number of para-hydroxylation sites is 2. The molecule has 3 aromatic carbocycles. The van der Waals surface area contributed by atoms with E-state index in [1.165, 1.54) is 6.92 Å². The maximum Gasteiger partial charge on any atom is 0.256 e. The van der Waals surface area contributed by atoms with Gasteiger partial charge in [-0.15, -0.1) is 0 Å². The van der Waals surface area contributed by atoms with Crippen LogP contribution in [0.2, 0.25) is 0 Å². The van der Waals surface area contributed by atoms with Crippen LogP contribution in [0.25, 0.3) is 0 Å². The normalized spacial score (nSPS) is 14.5. The summed E-state index contributed by atoms with van der Waals surface area (Å²) in [5.74, 6) is 0.377. The number of nitrogens with one attached hydrogen (secondary N) is 1. The molecule has 2 amide bonds. The Bertz CT molecular complexity index is 1340. The number of carbonyl (C=O) groups excluding carboxylic acids is 2. The third-order valence-electron chi connectivity index (χ3n) is 5.87. The van der Waals surface area contributed by atoms with E-state index < -0.39 is 22.0 Å². The van der Waals surface area contributed by atoms with E-state index in [0.29, 0.717) is 54.7 Å². The molecule has 1 fully saturated rings. The average molecular weight is 524 g/mol. The first kappa shape index (κ1) is 26.2. The van der Waals surface area contributed by atoms with Crippen molar-refractivity contribution in [1.29, 1.82) is 0 Å². The molecule has 9 nitrogen and oxygen atoms in total. The van der Waals surface area contributed by atoms with Crippen LogP contribution in [0, 0.1) is 0 Å². The number of amides is 2. The number of anilines is 2. The summed E-state index contributed by atoms with van der Waals surface area (Å²) >= 11 is 0. The predicted octanol–water partition coefficient (Wildman–Crippen LogP) is 3.74. The van der Waals surface area contributed by atoms with Crippen LogP contribution in [0.15, 0.2) is 78.9 Å². The van der Waals surface area contributed by atoms with E-state index >= 15 is 0 Å². The third kappa shape index (κ3) is 6.46. The highest BCUT2D eigenvalue weighted by Crippen LogP contribution is 2.27. The van der Waals surface area contributed by atoms with Crippen molar-refractivity contribution in [2.75, 3.05) is 42.2 Å². The number of rotatable bonds is 8. The molecule has 0 spiro atoms. The maximum atomic E-state index is 13.2. The zero-order chi connectivity index (χ0) is 26.4. The number of hydrogen-bond acceptors (Lipinski definition) is 6. The summed E-state index contributed by atoms with van der Waals surface area (Å²) in [5, 5.41) is 2.75. The van der Waals surface area contributed by atoms with E-state index in [0.717, 1.165) is 10.6 Å². The molecule has 1 heterocycles. The van der Waals surface area contributed by atoms with Crippen LogP contribution < -0.4 is 14.4 Å². The van der Waals surface area contributed by atoms with Crippen LogP contribution in [0.3, 0.4) is 0 Å². The van der Waals surface area contributed by atoms with Gasteiger partial charge in [-0.2, -0.15) is 0 Å². The number of sulfonamides is 1. The van der Waals surface area contributed by atoms with Crippen LogP contribution in [0.5, 0.6) is 11.5 Å². The minimum absolute atomic E-state index is 0.221. The van der Waals surface area contributed by atoms with Crippen molar-refractivity contribution >= 4 is 33.2 Å². The molecular weight excluding hydrogens is 494 g/mol. The first-order valence-electron chi connectivity index (χ1n) is 11.8. The van der Waals surface area contributed by atoms with E-state index in [9.17, 15) is 18.0 Å². The Kier molecular flexibility index (Phi) is 8.10. The van der Waals surface area contributed by atoms with Crippen LogP contribution >= 0.6 is 0 Å². The number of morpholine rings is 1.